The summed E-state index contributed by atoms with van der Waals surface area (Å²) in [6, 6.07) is 14.6. The van der Waals surface area contributed by atoms with E-state index in [0.717, 1.165) is 32.1 Å². The number of hydrogen-bond donors (Lipinski definition) is 2. The summed E-state index contributed by atoms with van der Waals surface area (Å²) in [7, 11) is 1.77. The molecule has 0 saturated carbocycles. The van der Waals surface area contributed by atoms with Crippen molar-refractivity contribution in [1.29, 1.82) is 0 Å². The number of aromatic nitrogens is 1. The van der Waals surface area contributed by atoms with Crippen molar-refractivity contribution < 1.29 is 4.79 Å². The molecule has 1 aliphatic heterocycles. The van der Waals surface area contributed by atoms with E-state index < -0.39 is 0 Å². The summed E-state index contributed by atoms with van der Waals surface area (Å²) in [5.74, 6) is -0.195. The van der Waals surface area contributed by atoms with E-state index in [2.05, 4.69) is 40.1 Å². The van der Waals surface area contributed by atoms with Gasteiger partial charge in [0.25, 0.3) is 5.91 Å². The fraction of sp³-hybridized carbons (Fsp3) is 0.429. The van der Waals surface area contributed by atoms with E-state index >= 15 is 0 Å². The van der Waals surface area contributed by atoms with Crippen LogP contribution in [0.15, 0.2) is 42.5 Å². The first-order valence-electron chi connectivity index (χ1n) is 9.68. The van der Waals surface area contributed by atoms with Crippen molar-refractivity contribution >= 4 is 29.1 Å². The molecule has 7 heteroatoms. The van der Waals surface area contributed by atoms with Gasteiger partial charge in [-0.05, 0) is 37.0 Å². The van der Waals surface area contributed by atoms with Crippen LogP contribution in [0, 0.1) is 0 Å². The zero-order chi connectivity index (χ0) is 19.9. The van der Waals surface area contributed by atoms with Crippen molar-refractivity contribution in [2.45, 2.75) is 44.2 Å². The molecule has 0 spiro atoms. The third-order valence-corrected chi connectivity index (χ3v) is 5.61. The maximum absolute atomic E-state index is 12.5. The number of nitrogens with one attached hydrogen (secondary N) is 2. The highest BCUT2D eigenvalue weighted by molar-refractivity contribution is 6.34. The van der Waals surface area contributed by atoms with Crippen molar-refractivity contribution in [3.05, 3.63) is 63.9 Å². The minimum atomic E-state index is -0.195. The zero-order valence-corrected chi connectivity index (χ0v) is 17.5. The molecular formula is C21H26Cl2N4O. The van der Waals surface area contributed by atoms with Crippen molar-refractivity contribution in [1.82, 2.24) is 20.7 Å². The molecule has 1 saturated heterocycles. The molecule has 3 rings (SSSR count). The van der Waals surface area contributed by atoms with Crippen molar-refractivity contribution in [3.63, 3.8) is 0 Å². The number of nitrogens with zero attached hydrogens (tertiary/aromatic N) is 2. The number of unbranched alkanes of at least 4 members (excludes halogenated alkanes) is 2. The van der Waals surface area contributed by atoms with Gasteiger partial charge in [0.2, 0.25) is 0 Å². The summed E-state index contributed by atoms with van der Waals surface area (Å²) >= 11 is 11.9. The lowest BCUT2D eigenvalue weighted by Gasteiger charge is -2.17. The van der Waals surface area contributed by atoms with E-state index in [1.807, 2.05) is 6.07 Å². The van der Waals surface area contributed by atoms with Gasteiger partial charge in [-0.2, -0.15) is 0 Å². The Morgan fingerprint density at radius 1 is 1.11 bits per heavy atom. The minimum absolute atomic E-state index is 0.195. The molecule has 1 aliphatic rings. The maximum atomic E-state index is 12.5. The number of rotatable bonds is 8. The standard InChI is InChI=1S/C21H26Cl2N4O/c1-27(21(28)20-17(22)11-12-19(23)24-20)13-7-3-6-10-16-14-18(26-25-16)15-8-4-2-5-9-15/h2,4-5,8-9,11-12,16,18,25-26H,3,6-7,10,13-14H2,1H3. The molecule has 1 amide bonds. The van der Waals surface area contributed by atoms with Crippen LogP contribution in [0.4, 0.5) is 0 Å². The first kappa shape index (κ1) is 21.1. The zero-order valence-electron chi connectivity index (χ0n) is 16.0. The molecule has 2 N–H and O–H groups in total. The Bertz CT molecular complexity index is 787. The molecule has 150 valence electrons. The minimum Gasteiger partial charge on any atom is -0.340 e. The molecular weight excluding hydrogens is 395 g/mol. The molecule has 2 atom stereocenters. The van der Waals surface area contributed by atoms with Crippen LogP contribution in [0.25, 0.3) is 0 Å². The SMILES string of the molecule is CN(CCCCCC1CC(c2ccccc2)NN1)C(=O)c1nc(Cl)ccc1Cl. The quantitative estimate of drug-likeness (QED) is 0.482. The summed E-state index contributed by atoms with van der Waals surface area (Å²) in [6.45, 7) is 0.673. The number of hydrazine groups is 1. The first-order chi connectivity index (χ1) is 13.5. The number of pyridine rings is 1. The average Bonchev–Trinajstić information content (AvgIpc) is 3.18. The molecule has 1 aromatic carbocycles. The van der Waals surface area contributed by atoms with Gasteiger partial charge in [0.15, 0.2) is 0 Å². The topological polar surface area (TPSA) is 57.3 Å². The van der Waals surface area contributed by atoms with E-state index in [0.29, 0.717) is 23.7 Å². The molecule has 2 heterocycles. The third kappa shape index (κ3) is 5.67. The van der Waals surface area contributed by atoms with E-state index in [-0.39, 0.29) is 16.8 Å². The Labute approximate surface area is 176 Å². The molecule has 0 radical (unpaired) electrons. The van der Waals surface area contributed by atoms with E-state index in [4.69, 9.17) is 23.2 Å². The van der Waals surface area contributed by atoms with Gasteiger partial charge in [-0.3, -0.25) is 15.6 Å². The number of halogens is 2. The van der Waals surface area contributed by atoms with Gasteiger partial charge in [0.05, 0.1) is 5.02 Å². The van der Waals surface area contributed by atoms with Gasteiger partial charge in [-0.15, -0.1) is 0 Å². The number of benzene rings is 1. The van der Waals surface area contributed by atoms with Gasteiger partial charge < -0.3 is 4.90 Å². The summed E-state index contributed by atoms with van der Waals surface area (Å²) in [6.07, 6.45) is 5.36. The second-order valence-electron chi connectivity index (χ2n) is 7.23. The lowest BCUT2D eigenvalue weighted by molar-refractivity contribution is 0.0787. The Morgan fingerprint density at radius 2 is 1.89 bits per heavy atom. The lowest BCUT2D eigenvalue weighted by atomic mass is 9.99. The molecule has 1 fully saturated rings. The lowest BCUT2D eigenvalue weighted by Crippen LogP contribution is -2.31. The van der Waals surface area contributed by atoms with Crippen LogP contribution in [0.3, 0.4) is 0 Å². The smallest absolute Gasteiger partial charge is 0.273 e. The van der Waals surface area contributed by atoms with Crippen molar-refractivity contribution in [3.8, 4) is 0 Å². The number of amides is 1. The van der Waals surface area contributed by atoms with Crippen LogP contribution in [-0.2, 0) is 0 Å². The molecule has 5 nitrogen and oxygen atoms in total. The number of carbonyl (C=O) groups is 1. The second kappa shape index (κ2) is 10.2. The number of carbonyl (C=O) groups excluding carboxylic acids is 1. The predicted octanol–water partition coefficient (Wildman–Crippen LogP) is 4.63. The third-order valence-electron chi connectivity index (χ3n) is 5.09. The molecule has 1 aromatic heterocycles. The van der Waals surface area contributed by atoms with Crippen LogP contribution in [-0.4, -0.2) is 35.4 Å². The van der Waals surface area contributed by atoms with Crippen LogP contribution >= 0.6 is 23.2 Å². The maximum Gasteiger partial charge on any atom is 0.273 e. The van der Waals surface area contributed by atoms with Gasteiger partial charge in [-0.1, -0.05) is 66.4 Å². The normalized spacial score (nSPS) is 19.0. The highest BCUT2D eigenvalue weighted by Gasteiger charge is 2.24. The Kier molecular flexibility index (Phi) is 7.68. The van der Waals surface area contributed by atoms with Crippen molar-refractivity contribution in [2.75, 3.05) is 13.6 Å². The van der Waals surface area contributed by atoms with E-state index in [9.17, 15) is 4.79 Å². The van der Waals surface area contributed by atoms with E-state index in [1.165, 1.54) is 5.56 Å². The van der Waals surface area contributed by atoms with E-state index in [1.54, 1.807) is 24.1 Å². The molecule has 28 heavy (non-hydrogen) atoms. The Hall–Kier alpha value is -1.66. The van der Waals surface area contributed by atoms with Crippen LogP contribution in [0.5, 0.6) is 0 Å². The predicted molar refractivity (Wildman–Crippen MR) is 114 cm³/mol. The van der Waals surface area contributed by atoms with Gasteiger partial charge >= 0.3 is 0 Å². The first-order valence-corrected chi connectivity index (χ1v) is 10.4. The number of hydrogen-bond acceptors (Lipinski definition) is 4. The average molecular weight is 421 g/mol. The Morgan fingerprint density at radius 3 is 2.68 bits per heavy atom. The van der Waals surface area contributed by atoms with Crippen molar-refractivity contribution in [2.24, 2.45) is 0 Å². The summed E-state index contributed by atoms with van der Waals surface area (Å²) in [5, 5.41) is 0.599. The monoisotopic (exact) mass is 420 g/mol. The van der Waals surface area contributed by atoms with Crippen LogP contribution in [0.2, 0.25) is 10.2 Å². The van der Waals surface area contributed by atoms with Gasteiger partial charge in [0.1, 0.15) is 10.8 Å². The van der Waals surface area contributed by atoms with Gasteiger partial charge in [0, 0.05) is 25.7 Å². The second-order valence-corrected chi connectivity index (χ2v) is 8.02. The highest BCUT2D eigenvalue weighted by Crippen LogP contribution is 2.24. The van der Waals surface area contributed by atoms with Crippen LogP contribution < -0.4 is 10.9 Å². The summed E-state index contributed by atoms with van der Waals surface area (Å²) in [5.41, 5.74) is 8.34. The summed E-state index contributed by atoms with van der Waals surface area (Å²) < 4.78 is 0. The molecule has 0 aliphatic carbocycles. The fourth-order valence-corrected chi connectivity index (χ4v) is 3.82. The van der Waals surface area contributed by atoms with Crippen LogP contribution in [0.1, 0.15) is 54.2 Å². The largest absolute Gasteiger partial charge is 0.340 e. The Balaban J connectivity index is 1.35. The fourth-order valence-electron chi connectivity index (χ4n) is 3.48. The molecule has 2 aromatic rings. The molecule has 2 unspecified atom stereocenters. The molecule has 0 bridgehead atoms. The summed E-state index contributed by atoms with van der Waals surface area (Å²) in [4.78, 5) is 18.2. The highest BCUT2D eigenvalue weighted by atomic mass is 35.5. The van der Waals surface area contributed by atoms with Gasteiger partial charge in [-0.25, -0.2) is 4.98 Å².